The summed E-state index contributed by atoms with van der Waals surface area (Å²) in [6.45, 7) is 0. The first-order valence-electron chi connectivity index (χ1n) is 3.53. The fraction of sp³-hybridized carbons (Fsp3) is 0.125. The van der Waals surface area contributed by atoms with Gasteiger partial charge in [0.05, 0.1) is 5.56 Å². The molecule has 14 heavy (non-hydrogen) atoms. The van der Waals surface area contributed by atoms with Crippen LogP contribution in [0.25, 0.3) is 0 Å². The molecule has 0 aliphatic carbocycles. The summed E-state index contributed by atoms with van der Waals surface area (Å²) >= 11 is 0. The minimum absolute atomic E-state index is 0.280. The van der Waals surface area contributed by atoms with Gasteiger partial charge < -0.3 is 5.73 Å². The van der Waals surface area contributed by atoms with Crippen LogP contribution in [0.5, 0.6) is 0 Å². The molecule has 0 saturated carbocycles. The fourth-order valence-corrected chi connectivity index (χ4v) is 0.909. The number of alkyl halides is 3. The van der Waals surface area contributed by atoms with Crippen molar-refractivity contribution in [2.24, 2.45) is 5.73 Å². The summed E-state index contributed by atoms with van der Waals surface area (Å²) in [6, 6.07) is 1.76. The van der Waals surface area contributed by atoms with Crippen LogP contribution in [0.1, 0.15) is 11.1 Å². The van der Waals surface area contributed by atoms with Crippen molar-refractivity contribution in [2.75, 3.05) is 0 Å². The van der Waals surface area contributed by atoms with Crippen LogP contribution in [0.15, 0.2) is 18.2 Å². The molecule has 0 atom stereocenters. The maximum Gasteiger partial charge on any atom is 0.416 e. The molecule has 0 aliphatic heterocycles. The fourth-order valence-electron chi connectivity index (χ4n) is 0.909. The van der Waals surface area contributed by atoms with Gasteiger partial charge >= 0.3 is 6.18 Å². The minimum Gasteiger partial charge on any atom is -0.384 e. The number of hydrogen-bond donors (Lipinski definition) is 2. The Kier molecular flexibility index (Phi) is 2.46. The van der Waals surface area contributed by atoms with Gasteiger partial charge in [-0.25, -0.2) is 4.39 Å². The zero-order chi connectivity index (χ0) is 10.9. The average Bonchev–Trinajstić information content (AvgIpc) is 2.01. The van der Waals surface area contributed by atoms with Gasteiger partial charge in [0.2, 0.25) is 0 Å². The number of halogens is 4. The Morgan fingerprint density at radius 2 is 1.79 bits per heavy atom. The molecule has 1 aromatic rings. The van der Waals surface area contributed by atoms with Crippen molar-refractivity contribution in [3.05, 3.63) is 35.1 Å². The van der Waals surface area contributed by atoms with Crippen LogP contribution in [0.3, 0.4) is 0 Å². The first-order valence-corrected chi connectivity index (χ1v) is 3.53. The SMILES string of the molecule is N=C(N)c1cc(F)cc(C(F)(F)F)c1. The van der Waals surface area contributed by atoms with Crippen molar-refractivity contribution in [2.45, 2.75) is 6.18 Å². The van der Waals surface area contributed by atoms with E-state index in [-0.39, 0.29) is 5.56 Å². The van der Waals surface area contributed by atoms with Gasteiger partial charge in [0.25, 0.3) is 0 Å². The van der Waals surface area contributed by atoms with Gasteiger partial charge in [-0.15, -0.1) is 0 Å². The number of nitrogen functional groups attached to an aromatic ring is 1. The van der Waals surface area contributed by atoms with Gasteiger partial charge in [0.1, 0.15) is 11.7 Å². The highest BCUT2D eigenvalue weighted by Crippen LogP contribution is 2.30. The Bertz CT molecular complexity index is 370. The third-order valence-corrected chi connectivity index (χ3v) is 1.54. The van der Waals surface area contributed by atoms with Gasteiger partial charge in [-0.05, 0) is 18.2 Å². The molecule has 76 valence electrons. The number of benzene rings is 1. The third kappa shape index (κ3) is 2.21. The maximum absolute atomic E-state index is 12.7. The molecule has 0 amide bonds. The van der Waals surface area contributed by atoms with E-state index < -0.39 is 23.4 Å². The zero-order valence-electron chi connectivity index (χ0n) is 6.82. The number of nitrogens with two attached hydrogens (primary N) is 1. The number of nitrogens with one attached hydrogen (secondary N) is 1. The predicted molar refractivity (Wildman–Crippen MR) is 42.4 cm³/mol. The lowest BCUT2D eigenvalue weighted by molar-refractivity contribution is -0.137. The molecule has 0 unspecified atom stereocenters. The molecule has 0 heterocycles. The molecule has 0 aromatic heterocycles. The van der Waals surface area contributed by atoms with E-state index in [9.17, 15) is 17.6 Å². The van der Waals surface area contributed by atoms with E-state index in [0.29, 0.717) is 12.1 Å². The van der Waals surface area contributed by atoms with Crippen molar-refractivity contribution >= 4 is 5.84 Å². The first-order chi connectivity index (χ1) is 6.30. The van der Waals surface area contributed by atoms with Crippen LogP contribution in [-0.4, -0.2) is 5.84 Å². The van der Waals surface area contributed by atoms with Crippen LogP contribution in [0.2, 0.25) is 0 Å². The second-order valence-corrected chi connectivity index (χ2v) is 2.64. The van der Waals surface area contributed by atoms with E-state index in [4.69, 9.17) is 11.1 Å². The Morgan fingerprint density at radius 3 is 2.21 bits per heavy atom. The largest absolute Gasteiger partial charge is 0.416 e. The Labute approximate surface area is 76.8 Å². The van der Waals surface area contributed by atoms with E-state index in [1.165, 1.54) is 0 Å². The average molecular weight is 206 g/mol. The van der Waals surface area contributed by atoms with Gasteiger partial charge in [-0.1, -0.05) is 0 Å². The third-order valence-electron chi connectivity index (χ3n) is 1.54. The Hall–Kier alpha value is -1.59. The van der Waals surface area contributed by atoms with Gasteiger partial charge in [0.15, 0.2) is 0 Å². The topological polar surface area (TPSA) is 49.9 Å². The maximum atomic E-state index is 12.7. The molecule has 0 aliphatic rings. The molecule has 3 N–H and O–H groups in total. The summed E-state index contributed by atoms with van der Waals surface area (Å²) in [5.74, 6) is -1.67. The Balaban J connectivity index is 3.28. The van der Waals surface area contributed by atoms with Crippen LogP contribution < -0.4 is 5.73 Å². The second-order valence-electron chi connectivity index (χ2n) is 2.64. The summed E-state index contributed by atoms with van der Waals surface area (Å²) in [4.78, 5) is 0. The second kappa shape index (κ2) is 3.28. The summed E-state index contributed by atoms with van der Waals surface area (Å²) in [5, 5.41) is 6.88. The summed E-state index contributed by atoms with van der Waals surface area (Å²) in [5.41, 5.74) is 3.51. The predicted octanol–water partition coefficient (Wildman–Crippen LogP) is 2.13. The summed E-state index contributed by atoms with van der Waals surface area (Å²) in [7, 11) is 0. The normalized spacial score (nSPS) is 11.4. The molecule has 0 radical (unpaired) electrons. The molecule has 0 bridgehead atoms. The molecule has 2 nitrogen and oxygen atoms in total. The van der Waals surface area contributed by atoms with Gasteiger partial charge in [-0.2, -0.15) is 13.2 Å². The summed E-state index contributed by atoms with van der Waals surface area (Å²) in [6.07, 6.45) is -4.63. The first kappa shape index (κ1) is 10.5. The van der Waals surface area contributed by atoms with Crippen molar-refractivity contribution in [3.63, 3.8) is 0 Å². The van der Waals surface area contributed by atoms with Crippen molar-refractivity contribution < 1.29 is 17.6 Å². The van der Waals surface area contributed by atoms with Gasteiger partial charge in [0, 0.05) is 5.56 Å². The van der Waals surface area contributed by atoms with Crippen molar-refractivity contribution in [1.29, 1.82) is 5.41 Å². The van der Waals surface area contributed by atoms with E-state index in [1.807, 2.05) is 0 Å². The van der Waals surface area contributed by atoms with E-state index in [2.05, 4.69) is 0 Å². The van der Waals surface area contributed by atoms with E-state index in [1.54, 1.807) is 0 Å². The van der Waals surface area contributed by atoms with Crippen LogP contribution in [-0.2, 0) is 6.18 Å². The van der Waals surface area contributed by atoms with Crippen molar-refractivity contribution in [1.82, 2.24) is 0 Å². The minimum atomic E-state index is -4.63. The zero-order valence-corrected chi connectivity index (χ0v) is 6.82. The lowest BCUT2D eigenvalue weighted by Crippen LogP contribution is -2.14. The highest BCUT2D eigenvalue weighted by Gasteiger charge is 2.31. The number of rotatable bonds is 1. The van der Waals surface area contributed by atoms with Crippen molar-refractivity contribution in [3.8, 4) is 0 Å². The lowest BCUT2D eigenvalue weighted by Gasteiger charge is -2.08. The number of hydrogen-bond acceptors (Lipinski definition) is 1. The van der Waals surface area contributed by atoms with Crippen LogP contribution in [0.4, 0.5) is 17.6 Å². The molecule has 0 fully saturated rings. The quantitative estimate of drug-likeness (QED) is 0.412. The molecule has 0 saturated heterocycles. The molecular weight excluding hydrogens is 200 g/mol. The Morgan fingerprint density at radius 1 is 1.21 bits per heavy atom. The van der Waals surface area contributed by atoms with Gasteiger partial charge in [-0.3, -0.25) is 5.41 Å². The monoisotopic (exact) mass is 206 g/mol. The van der Waals surface area contributed by atoms with Crippen LogP contribution >= 0.6 is 0 Å². The molecule has 1 rings (SSSR count). The molecule has 0 spiro atoms. The lowest BCUT2D eigenvalue weighted by atomic mass is 10.1. The smallest absolute Gasteiger partial charge is 0.384 e. The number of amidine groups is 1. The highest BCUT2D eigenvalue weighted by atomic mass is 19.4. The molecule has 6 heteroatoms. The standard InChI is InChI=1S/C8H6F4N2/c9-6-2-4(7(13)14)1-5(3-6)8(10,11)12/h1-3H,(H3,13,14). The van der Waals surface area contributed by atoms with E-state index in [0.717, 1.165) is 6.07 Å². The summed E-state index contributed by atoms with van der Waals surface area (Å²) < 4.78 is 49.1. The highest BCUT2D eigenvalue weighted by molar-refractivity contribution is 5.95. The van der Waals surface area contributed by atoms with E-state index >= 15 is 0 Å². The molecular formula is C8H6F4N2. The van der Waals surface area contributed by atoms with Crippen LogP contribution in [0, 0.1) is 11.2 Å². The molecule has 1 aromatic carbocycles.